The summed E-state index contributed by atoms with van der Waals surface area (Å²) in [7, 11) is -3.68. The summed E-state index contributed by atoms with van der Waals surface area (Å²) >= 11 is 0. The van der Waals surface area contributed by atoms with Crippen LogP contribution in [0.1, 0.15) is 42.8 Å². The monoisotopic (exact) mass is 444 g/mol. The Labute approximate surface area is 172 Å². The summed E-state index contributed by atoms with van der Waals surface area (Å²) in [6.07, 6.45) is -0.801. The minimum Gasteiger partial charge on any atom is -0.350 e. The number of aromatic amines is 1. The van der Waals surface area contributed by atoms with Crippen LogP contribution in [0.5, 0.6) is 0 Å². The van der Waals surface area contributed by atoms with E-state index in [9.17, 15) is 21.6 Å². The predicted octanol–water partition coefficient (Wildman–Crippen LogP) is 2.66. The summed E-state index contributed by atoms with van der Waals surface area (Å²) in [5.74, 6) is 0.252. The molecule has 2 aromatic rings. The molecule has 164 valence electrons. The number of halogens is 3. The number of anilines is 1. The molecule has 1 saturated carbocycles. The fourth-order valence-corrected chi connectivity index (χ4v) is 5.88. The Morgan fingerprint density at radius 2 is 1.73 bits per heavy atom. The Bertz CT molecular complexity index is 1010. The van der Waals surface area contributed by atoms with Gasteiger partial charge in [0.05, 0.1) is 11.4 Å². The van der Waals surface area contributed by atoms with E-state index in [1.165, 1.54) is 4.31 Å². The van der Waals surface area contributed by atoms with E-state index in [1.54, 1.807) is 13.8 Å². The van der Waals surface area contributed by atoms with Crippen molar-refractivity contribution in [3.05, 3.63) is 29.5 Å². The third-order valence-corrected chi connectivity index (χ3v) is 7.79. The Morgan fingerprint density at radius 1 is 1.10 bits per heavy atom. The minimum absolute atomic E-state index is 0.0773. The molecule has 0 atom stereocenters. The van der Waals surface area contributed by atoms with Crippen LogP contribution in [0.2, 0.25) is 0 Å². The first-order valence-electron chi connectivity index (χ1n) is 9.78. The molecule has 2 aliphatic rings. The van der Waals surface area contributed by atoms with Crippen molar-refractivity contribution < 1.29 is 21.6 Å². The summed E-state index contributed by atoms with van der Waals surface area (Å²) < 4.78 is 66.8. The number of H-pyrrole nitrogens is 1. The van der Waals surface area contributed by atoms with Gasteiger partial charge in [-0.3, -0.25) is 5.10 Å². The van der Waals surface area contributed by atoms with E-state index >= 15 is 0 Å². The van der Waals surface area contributed by atoms with Crippen molar-refractivity contribution in [1.29, 1.82) is 0 Å². The molecule has 1 aliphatic heterocycles. The van der Waals surface area contributed by atoms with E-state index in [0.717, 1.165) is 25.2 Å². The topological polar surface area (TPSA) is 95.1 Å². The molecule has 1 saturated heterocycles. The van der Waals surface area contributed by atoms with E-state index < -0.39 is 21.9 Å². The van der Waals surface area contributed by atoms with Gasteiger partial charge in [0, 0.05) is 31.2 Å². The Balaban J connectivity index is 1.53. The normalized spacial score (nSPS) is 19.2. The van der Waals surface area contributed by atoms with Crippen LogP contribution in [-0.2, 0) is 16.2 Å². The summed E-state index contributed by atoms with van der Waals surface area (Å²) in [5.41, 5.74) is -0.0473. The fraction of sp³-hybridized carbons (Fsp3) is 0.611. The molecule has 4 rings (SSSR count). The van der Waals surface area contributed by atoms with Crippen LogP contribution in [0.15, 0.2) is 17.3 Å². The molecule has 1 N–H and O–H groups in total. The second kappa shape index (κ2) is 7.49. The molecule has 12 heteroatoms. The molecular formula is C18H23F3N6O2S. The SMILES string of the molecule is Cc1n[nH]c(C)c1S(=O)(=O)N1CCC(N(c2cc(C(F)(F)F)ncn2)C2CC2)CC1. The maximum atomic E-state index is 13.1. The highest BCUT2D eigenvalue weighted by Gasteiger charge is 2.40. The second-order valence-corrected chi connectivity index (χ2v) is 9.67. The van der Waals surface area contributed by atoms with Crippen LogP contribution in [0.4, 0.5) is 19.0 Å². The molecule has 3 heterocycles. The van der Waals surface area contributed by atoms with E-state index in [2.05, 4.69) is 20.2 Å². The largest absolute Gasteiger partial charge is 0.433 e. The molecule has 0 aromatic carbocycles. The van der Waals surface area contributed by atoms with E-state index in [4.69, 9.17) is 0 Å². The van der Waals surface area contributed by atoms with E-state index in [0.29, 0.717) is 24.2 Å². The quantitative estimate of drug-likeness (QED) is 0.762. The van der Waals surface area contributed by atoms with Crippen molar-refractivity contribution in [3.8, 4) is 0 Å². The van der Waals surface area contributed by atoms with Crippen molar-refractivity contribution in [2.75, 3.05) is 18.0 Å². The van der Waals surface area contributed by atoms with Gasteiger partial charge < -0.3 is 4.90 Å². The molecule has 1 aliphatic carbocycles. The number of sulfonamides is 1. The van der Waals surface area contributed by atoms with Gasteiger partial charge in [0.25, 0.3) is 0 Å². The maximum Gasteiger partial charge on any atom is 0.433 e. The third-order valence-electron chi connectivity index (χ3n) is 5.62. The van der Waals surface area contributed by atoms with Crippen molar-refractivity contribution >= 4 is 15.8 Å². The number of hydrogen-bond acceptors (Lipinski definition) is 6. The highest BCUT2D eigenvalue weighted by molar-refractivity contribution is 7.89. The lowest BCUT2D eigenvalue weighted by molar-refractivity contribution is -0.141. The van der Waals surface area contributed by atoms with Crippen molar-refractivity contribution in [2.45, 2.75) is 62.7 Å². The van der Waals surface area contributed by atoms with E-state index in [1.807, 2.05) is 4.90 Å². The number of rotatable bonds is 5. The lowest BCUT2D eigenvalue weighted by Gasteiger charge is -2.39. The number of nitrogens with one attached hydrogen (secondary N) is 1. The number of nitrogens with zero attached hydrogens (tertiary/aromatic N) is 5. The van der Waals surface area contributed by atoms with Gasteiger partial charge in [0.2, 0.25) is 10.0 Å². The number of piperidine rings is 1. The van der Waals surface area contributed by atoms with Gasteiger partial charge in [-0.1, -0.05) is 0 Å². The van der Waals surface area contributed by atoms with Gasteiger partial charge in [-0.05, 0) is 39.5 Å². The van der Waals surface area contributed by atoms with Gasteiger partial charge in [-0.15, -0.1) is 0 Å². The molecule has 0 amide bonds. The number of aryl methyl sites for hydroxylation is 2. The Hall–Kier alpha value is -2.21. The zero-order valence-corrected chi connectivity index (χ0v) is 17.5. The maximum absolute atomic E-state index is 13.1. The van der Waals surface area contributed by atoms with Crippen LogP contribution >= 0.6 is 0 Å². The molecule has 2 aromatic heterocycles. The first-order valence-corrected chi connectivity index (χ1v) is 11.2. The second-order valence-electron chi connectivity index (χ2n) is 7.80. The van der Waals surface area contributed by atoms with Gasteiger partial charge in [-0.25, -0.2) is 18.4 Å². The fourth-order valence-electron chi connectivity index (χ4n) is 4.08. The Kier molecular flexibility index (Phi) is 5.25. The van der Waals surface area contributed by atoms with Gasteiger partial charge in [0.1, 0.15) is 22.7 Å². The van der Waals surface area contributed by atoms with Gasteiger partial charge >= 0.3 is 6.18 Å². The summed E-state index contributed by atoms with van der Waals surface area (Å²) in [6, 6.07) is 1.04. The lowest BCUT2D eigenvalue weighted by atomic mass is 10.0. The van der Waals surface area contributed by atoms with Gasteiger partial charge in [0.15, 0.2) is 0 Å². The van der Waals surface area contributed by atoms with Crippen molar-refractivity contribution in [1.82, 2.24) is 24.5 Å². The number of hydrogen-bond donors (Lipinski definition) is 1. The summed E-state index contributed by atoms with van der Waals surface area (Å²) in [5, 5.41) is 6.68. The summed E-state index contributed by atoms with van der Waals surface area (Å²) in [4.78, 5) is 9.57. The highest BCUT2D eigenvalue weighted by atomic mass is 32.2. The smallest absolute Gasteiger partial charge is 0.350 e. The molecule has 0 spiro atoms. The highest BCUT2D eigenvalue weighted by Crippen LogP contribution is 2.38. The molecule has 2 fully saturated rings. The third kappa shape index (κ3) is 3.89. The molecule has 0 bridgehead atoms. The lowest BCUT2D eigenvalue weighted by Crippen LogP contribution is -2.48. The van der Waals surface area contributed by atoms with Crippen LogP contribution in [-0.4, -0.2) is 58.1 Å². The molecule has 30 heavy (non-hydrogen) atoms. The number of alkyl halides is 3. The Morgan fingerprint density at radius 3 is 2.27 bits per heavy atom. The first kappa shape index (κ1) is 21.0. The van der Waals surface area contributed by atoms with Crippen molar-refractivity contribution in [2.24, 2.45) is 0 Å². The van der Waals surface area contributed by atoms with Gasteiger partial charge in [-0.2, -0.15) is 22.6 Å². The van der Waals surface area contributed by atoms with Crippen LogP contribution in [0.3, 0.4) is 0 Å². The minimum atomic E-state index is -4.54. The van der Waals surface area contributed by atoms with E-state index in [-0.39, 0.29) is 35.9 Å². The zero-order chi connectivity index (χ0) is 21.7. The summed E-state index contributed by atoms with van der Waals surface area (Å²) in [6.45, 7) is 3.89. The van der Waals surface area contributed by atoms with Crippen LogP contribution in [0, 0.1) is 13.8 Å². The average molecular weight is 444 g/mol. The molecular weight excluding hydrogens is 421 g/mol. The predicted molar refractivity (Wildman–Crippen MR) is 102 cm³/mol. The standard InChI is InChI=1S/C18H23F3N6O2S/c1-11-17(12(2)25-24-11)30(28,29)26-7-5-14(6-8-26)27(13-3-4-13)16-9-15(18(19,20)21)22-10-23-16/h9-10,13-14H,3-8H2,1-2H3,(H,24,25). The van der Waals surface area contributed by atoms with Crippen LogP contribution in [0.25, 0.3) is 0 Å². The molecule has 0 radical (unpaired) electrons. The average Bonchev–Trinajstić information content (AvgIpc) is 3.45. The molecule has 0 unspecified atom stereocenters. The zero-order valence-electron chi connectivity index (χ0n) is 16.6. The molecule has 8 nitrogen and oxygen atoms in total. The number of aromatic nitrogens is 4. The van der Waals surface area contributed by atoms with Crippen LogP contribution < -0.4 is 4.90 Å². The van der Waals surface area contributed by atoms with Crippen molar-refractivity contribution in [3.63, 3.8) is 0 Å². The first-order chi connectivity index (χ1) is 14.1.